The van der Waals surface area contributed by atoms with Crippen LogP contribution in [0, 0.1) is 11.3 Å². The lowest BCUT2D eigenvalue weighted by molar-refractivity contribution is 0.201. The van der Waals surface area contributed by atoms with E-state index in [0.717, 1.165) is 32.1 Å². The van der Waals surface area contributed by atoms with Gasteiger partial charge in [0.15, 0.2) is 5.66 Å². The average Bonchev–Trinajstić information content (AvgIpc) is 2.38. The number of nitrogens with one attached hydrogen (secondary N) is 2. The van der Waals surface area contributed by atoms with Crippen molar-refractivity contribution in [3.05, 3.63) is 0 Å². The summed E-state index contributed by atoms with van der Waals surface area (Å²) in [5.41, 5.74) is 1.38. The predicted molar refractivity (Wildman–Crippen MR) is 66.2 cm³/mol. The molecule has 0 aromatic carbocycles. The van der Waals surface area contributed by atoms with Crippen LogP contribution in [-0.2, 0) is 0 Å². The molecule has 7 nitrogen and oxygen atoms in total. The maximum atomic E-state index is 11.4. The number of urea groups is 1. The Morgan fingerprint density at radius 1 is 1.50 bits per heavy atom. The van der Waals surface area contributed by atoms with Gasteiger partial charge in [-0.1, -0.05) is 6.42 Å². The van der Waals surface area contributed by atoms with Gasteiger partial charge in [0.1, 0.15) is 0 Å². The van der Waals surface area contributed by atoms with Crippen molar-refractivity contribution < 1.29 is 4.79 Å². The summed E-state index contributed by atoms with van der Waals surface area (Å²) in [6.45, 7) is 1.83. The van der Waals surface area contributed by atoms with Crippen LogP contribution in [0.4, 0.5) is 4.79 Å². The number of hydrazine groups is 1. The van der Waals surface area contributed by atoms with Crippen LogP contribution in [0.15, 0.2) is 10.2 Å². The Labute approximate surface area is 107 Å². The number of hydrogen-bond donors (Lipinski definition) is 3. The first-order valence-electron chi connectivity index (χ1n) is 6.19. The lowest BCUT2D eigenvalue weighted by Gasteiger charge is -2.33. The van der Waals surface area contributed by atoms with E-state index in [1.54, 1.807) is 0 Å². The van der Waals surface area contributed by atoms with Crippen LogP contribution in [0.3, 0.4) is 0 Å². The molecule has 1 atom stereocenters. The van der Waals surface area contributed by atoms with Gasteiger partial charge < -0.3 is 5.32 Å². The molecule has 0 spiro atoms. The summed E-state index contributed by atoms with van der Waals surface area (Å²) < 4.78 is 0. The molecule has 0 aliphatic heterocycles. The second kappa shape index (κ2) is 6.91. The summed E-state index contributed by atoms with van der Waals surface area (Å²) in [6, 6.07) is 1.44. The number of rotatable bonds is 4. The first kappa shape index (κ1) is 14.4. The highest BCUT2D eigenvalue weighted by Crippen LogP contribution is 2.30. The minimum Gasteiger partial charge on any atom is -0.311 e. The van der Waals surface area contributed by atoms with E-state index in [4.69, 9.17) is 11.1 Å². The van der Waals surface area contributed by atoms with E-state index in [9.17, 15) is 4.79 Å². The van der Waals surface area contributed by atoms with E-state index in [2.05, 4.69) is 15.5 Å². The van der Waals surface area contributed by atoms with Crippen LogP contribution in [0.1, 0.15) is 45.4 Å². The van der Waals surface area contributed by atoms with Gasteiger partial charge in [0.05, 0.1) is 18.5 Å². The Kier molecular flexibility index (Phi) is 5.52. The van der Waals surface area contributed by atoms with Crippen molar-refractivity contribution >= 4 is 6.03 Å². The molecule has 7 heteroatoms. The molecule has 0 bridgehead atoms. The van der Waals surface area contributed by atoms with Crippen molar-refractivity contribution in [1.29, 1.82) is 5.26 Å². The molecule has 2 amide bonds. The highest BCUT2D eigenvalue weighted by Gasteiger charge is 2.33. The van der Waals surface area contributed by atoms with E-state index in [0.29, 0.717) is 6.42 Å². The molecule has 0 aromatic rings. The molecule has 0 aromatic heterocycles. The largest absolute Gasteiger partial charge is 0.330 e. The predicted octanol–water partition coefficient (Wildman–Crippen LogP) is 1.57. The standard InChI is InChI=1S/C11H20N6O/c1-9(5-8-12)16-17-11(14-10(18)15-13)6-3-2-4-7-11/h9H,2-7,13H2,1H3,(H2,14,15,18)/b17-16+. The van der Waals surface area contributed by atoms with Gasteiger partial charge in [0, 0.05) is 0 Å². The van der Waals surface area contributed by atoms with Crippen molar-refractivity contribution in [1.82, 2.24) is 10.7 Å². The quantitative estimate of drug-likeness (QED) is 0.305. The van der Waals surface area contributed by atoms with Gasteiger partial charge in [-0.25, -0.2) is 10.6 Å². The number of amides is 2. The van der Waals surface area contributed by atoms with Gasteiger partial charge in [-0.2, -0.15) is 15.5 Å². The molecule has 1 fully saturated rings. The number of carbonyl (C=O) groups is 1. The second-order valence-corrected chi connectivity index (χ2v) is 4.62. The molecule has 1 unspecified atom stereocenters. The Balaban J connectivity index is 2.71. The van der Waals surface area contributed by atoms with Crippen LogP contribution < -0.4 is 16.6 Å². The van der Waals surface area contributed by atoms with Gasteiger partial charge in [0.2, 0.25) is 0 Å². The fourth-order valence-electron chi connectivity index (χ4n) is 2.02. The summed E-state index contributed by atoms with van der Waals surface area (Å²) in [5.74, 6) is 5.07. The average molecular weight is 252 g/mol. The fourth-order valence-corrected chi connectivity index (χ4v) is 2.02. The van der Waals surface area contributed by atoms with Gasteiger partial charge >= 0.3 is 6.03 Å². The van der Waals surface area contributed by atoms with Crippen molar-refractivity contribution in [3.8, 4) is 6.07 Å². The van der Waals surface area contributed by atoms with E-state index in [-0.39, 0.29) is 6.04 Å². The number of nitrogens with zero attached hydrogens (tertiary/aromatic N) is 3. The minimum atomic E-state index is -0.661. The molecule has 1 saturated carbocycles. The number of carbonyl (C=O) groups excluding carboxylic acids is 1. The maximum absolute atomic E-state index is 11.4. The van der Waals surface area contributed by atoms with Crippen molar-refractivity contribution in [2.75, 3.05) is 0 Å². The first-order valence-corrected chi connectivity index (χ1v) is 6.19. The molecule has 0 saturated heterocycles. The second-order valence-electron chi connectivity index (χ2n) is 4.62. The van der Waals surface area contributed by atoms with Crippen LogP contribution in [-0.4, -0.2) is 17.7 Å². The first-order chi connectivity index (χ1) is 8.62. The molecular formula is C11H20N6O. The highest BCUT2D eigenvalue weighted by molar-refractivity contribution is 5.74. The van der Waals surface area contributed by atoms with Crippen molar-refractivity contribution in [2.24, 2.45) is 16.1 Å². The van der Waals surface area contributed by atoms with Gasteiger partial charge in [0.25, 0.3) is 0 Å². The third-order valence-corrected chi connectivity index (χ3v) is 2.99. The zero-order valence-corrected chi connectivity index (χ0v) is 10.6. The molecule has 4 N–H and O–H groups in total. The molecule has 0 radical (unpaired) electrons. The zero-order valence-electron chi connectivity index (χ0n) is 10.6. The number of hydrogen-bond acceptors (Lipinski definition) is 5. The van der Waals surface area contributed by atoms with Gasteiger partial charge in [-0.05, 0) is 32.6 Å². The Morgan fingerprint density at radius 2 is 2.17 bits per heavy atom. The summed E-state index contributed by atoms with van der Waals surface area (Å²) in [5, 5.41) is 19.7. The normalized spacial score (nSPS) is 20.1. The lowest BCUT2D eigenvalue weighted by atomic mass is 9.90. The summed E-state index contributed by atoms with van der Waals surface area (Å²) in [6.07, 6.45) is 4.96. The zero-order chi connectivity index (χ0) is 13.4. The van der Waals surface area contributed by atoms with Crippen LogP contribution in [0.25, 0.3) is 0 Å². The third-order valence-electron chi connectivity index (χ3n) is 2.99. The van der Waals surface area contributed by atoms with Crippen LogP contribution in [0.2, 0.25) is 0 Å². The molecular weight excluding hydrogens is 232 g/mol. The Bertz CT molecular complexity index is 342. The Morgan fingerprint density at radius 3 is 2.72 bits per heavy atom. The minimum absolute atomic E-state index is 0.156. The summed E-state index contributed by atoms with van der Waals surface area (Å²) in [7, 11) is 0. The van der Waals surface area contributed by atoms with E-state index < -0.39 is 11.7 Å². The van der Waals surface area contributed by atoms with Gasteiger partial charge in [-0.15, -0.1) is 0 Å². The topological polar surface area (TPSA) is 116 Å². The number of nitrogens with two attached hydrogens (primary N) is 1. The lowest BCUT2D eigenvalue weighted by Crippen LogP contribution is -2.53. The molecule has 0 heterocycles. The summed E-state index contributed by atoms with van der Waals surface area (Å²) >= 11 is 0. The number of azo groups is 1. The Hall–Kier alpha value is -1.68. The molecule has 1 rings (SSSR count). The number of nitriles is 1. The van der Waals surface area contributed by atoms with Crippen molar-refractivity contribution in [3.63, 3.8) is 0 Å². The van der Waals surface area contributed by atoms with Gasteiger partial charge in [-0.3, -0.25) is 5.43 Å². The fraction of sp³-hybridized carbons (Fsp3) is 0.818. The summed E-state index contributed by atoms with van der Waals surface area (Å²) in [4.78, 5) is 11.4. The van der Waals surface area contributed by atoms with Crippen molar-refractivity contribution in [2.45, 2.75) is 57.2 Å². The molecule has 1 aliphatic carbocycles. The molecule has 1 aliphatic rings. The van der Waals surface area contributed by atoms with E-state index in [1.165, 1.54) is 0 Å². The van der Waals surface area contributed by atoms with Crippen LogP contribution in [0.5, 0.6) is 0 Å². The SMILES string of the molecule is CC(CC#N)/N=N/C1(NC(=O)NN)CCCCC1. The molecule has 18 heavy (non-hydrogen) atoms. The van der Waals surface area contributed by atoms with Crippen LogP contribution >= 0.6 is 0 Å². The highest BCUT2D eigenvalue weighted by atomic mass is 16.2. The van der Waals surface area contributed by atoms with E-state index in [1.807, 2.05) is 18.4 Å². The van der Waals surface area contributed by atoms with E-state index >= 15 is 0 Å². The monoisotopic (exact) mass is 252 g/mol. The molecule has 100 valence electrons. The smallest absolute Gasteiger partial charge is 0.311 e. The third kappa shape index (κ3) is 4.30. The maximum Gasteiger partial charge on any atom is 0.330 e.